The van der Waals surface area contributed by atoms with Crippen LogP contribution in [0.1, 0.15) is 21.7 Å². The number of rotatable bonds is 2. The molecule has 0 aliphatic carbocycles. The van der Waals surface area contributed by atoms with Crippen molar-refractivity contribution in [2.75, 3.05) is 32.9 Å². The van der Waals surface area contributed by atoms with E-state index in [9.17, 15) is 9.90 Å². The average molecular weight is 278 g/mol. The Morgan fingerprint density at radius 3 is 2.85 bits per heavy atom. The summed E-state index contributed by atoms with van der Waals surface area (Å²) in [5, 5.41) is 9.68. The van der Waals surface area contributed by atoms with Crippen LogP contribution in [-0.4, -0.2) is 53.4 Å². The molecule has 0 bridgehead atoms. The van der Waals surface area contributed by atoms with Crippen molar-refractivity contribution in [2.24, 2.45) is 18.4 Å². The number of carbonyl (C=O) groups is 1. The molecule has 0 radical (unpaired) electrons. The molecule has 2 fully saturated rings. The average Bonchev–Trinajstić information content (AvgIpc) is 3.05. The predicted octanol–water partition coefficient (Wildman–Crippen LogP) is 0.723. The summed E-state index contributed by atoms with van der Waals surface area (Å²) in [5.74, 6) is 0.343. The van der Waals surface area contributed by atoms with Crippen LogP contribution >= 0.6 is 0 Å². The van der Waals surface area contributed by atoms with Crippen LogP contribution in [0.15, 0.2) is 6.07 Å². The Bertz CT molecular complexity index is 552. The lowest BCUT2D eigenvalue weighted by molar-refractivity contribution is 0.0630. The number of aliphatic hydroxyl groups is 1. The summed E-state index contributed by atoms with van der Waals surface area (Å²) in [6.45, 7) is 6.57. The van der Waals surface area contributed by atoms with E-state index in [0.717, 1.165) is 17.0 Å². The minimum atomic E-state index is -0.243. The van der Waals surface area contributed by atoms with Gasteiger partial charge in [-0.3, -0.25) is 4.79 Å². The summed E-state index contributed by atoms with van der Waals surface area (Å²) in [4.78, 5) is 14.6. The first kappa shape index (κ1) is 13.6. The van der Waals surface area contributed by atoms with Gasteiger partial charge in [-0.25, -0.2) is 0 Å². The van der Waals surface area contributed by atoms with Crippen molar-refractivity contribution in [3.63, 3.8) is 0 Å². The van der Waals surface area contributed by atoms with Gasteiger partial charge in [-0.1, -0.05) is 0 Å². The maximum atomic E-state index is 12.7. The number of nitrogens with zero attached hydrogens (tertiary/aromatic N) is 2. The standard InChI is InChI=1S/C15H22N2O3/c1-10-4-13(11(2)16(10)3)14(19)17-5-12-6-20-9-15(12,7-17)8-18/h4,12,18H,5-9H2,1-3H3/t12-,15-/m0/s1. The second-order valence-electron chi connectivity index (χ2n) is 6.26. The highest BCUT2D eigenvalue weighted by Crippen LogP contribution is 2.41. The SMILES string of the molecule is Cc1cc(C(=O)N2C[C@H]3COC[C@@]3(CO)C2)c(C)n1C. The zero-order chi connectivity index (χ0) is 14.5. The fourth-order valence-electron chi connectivity index (χ4n) is 3.45. The number of fused-ring (bicyclic) bond motifs is 1. The van der Waals surface area contributed by atoms with E-state index < -0.39 is 0 Å². The molecule has 1 aromatic rings. The minimum absolute atomic E-state index is 0.0772. The lowest BCUT2D eigenvalue weighted by atomic mass is 9.82. The number of aryl methyl sites for hydroxylation is 1. The van der Waals surface area contributed by atoms with Crippen molar-refractivity contribution in [3.8, 4) is 0 Å². The van der Waals surface area contributed by atoms with Gasteiger partial charge >= 0.3 is 0 Å². The fraction of sp³-hybridized carbons (Fsp3) is 0.667. The van der Waals surface area contributed by atoms with E-state index >= 15 is 0 Å². The molecular formula is C15H22N2O3. The Morgan fingerprint density at radius 2 is 2.30 bits per heavy atom. The number of hydrogen-bond donors (Lipinski definition) is 1. The number of ether oxygens (including phenoxy) is 1. The smallest absolute Gasteiger partial charge is 0.255 e. The summed E-state index contributed by atoms with van der Waals surface area (Å²) in [6.07, 6.45) is 0. The van der Waals surface area contributed by atoms with Crippen LogP contribution in [0.2, 0.25) is 0 Å². The summed E-state index contributed by atoms with van der Waals surface area (Å²) in [6, 6.07) is 1.95. The zero-order valence-corrected chi connectivity index (χ0v) is 12.3. The Kier molecular flexibility index (Phi) is 3.14. The number of hydrogen-bond acceptors (Lipinski definition) is 3. The van der Waals surface area contributed by atoms with Crippen molar-refractivity contribution in [2.45, 2.75) is 13.8 Å². The Morgan fingerprint density at radius 1 is 1.55 bits per heavy atom. The minimum Gasteiger partial charge on any atom is -0.396 e. The second-order valence-corrected chi connectivity index (χ2v) is 6.26. The van der Waals surface area contributed by atoms with Crippen molar-refractivity contribution in [3.05, 3.63) is 23.0 Å². The van der Waals surface area contributed by atoms with Gasteiger partial charge in [0.25, 0.3) is 5.91 Å². The molecule has 5 nitrogen and oxygen atoms in total. The molecule has 2 aliphatic rings. The van der Waals surface area contributed by atoms with E-state index in [4.69, 9.17) is 4.74 Å². The van der Waals surface area contributed by atoms with Gasteiger partial charge in [0.2, 0.25) is 0 Å². The first-order valence-corrected chi connectivity index (χ1v) is 7.09. The van der Waals surface area contributed by atoms with Gasteiger partial charge in [0.15, 0.2) is 0 Å². The molecule has 2 aliphatic heterocycles. The third-order valence-electron chi connectivity index (χ3n) is 5.13. The Labute approximate surface area is 119 Å². The largest absolute Gasteiger partial charge is 0.396 e. The summed E-state index contributed by atoms with van der Waals surface area (Å²) >= 11 is 0. The van der Waals surface area contributed by atoms with E-state index in [-0.39, 0.29) is 23.8 Å². The molecule has 110 valence electrons. The van der Waals surface area contributed by atoms with Crippen molar-refractivity contribution >= 4 is 5.91 Å². The Balaban J connectivity index is 1.84. The van der Waals surface area contributed by atoms with Crippen LogP contribution in [-0.2, 0) is 11.8 Å². The molecular weight excluding hydrogens is 256 g/mol. The molecule has 1 N–H and O–H groups in total. The monoisotopic (exact) mass is 278 g/mol. The number of aliphatic hydroxyl groups excluding tert-OH is 1. The van der Waals surface area contributed by atoms with Crippen molar-refractivity contribution < 1.29 is 14.6 Å². The molecule has 0 aromatic carbocycles. The molecule has 1 amide bonds. The molecule has 3 heterocycles. The lowest BCUT2D eigenvalue weighted by Crippen LogP contribution is -2.36. The zero-order valence-electron chi connectivity index (χ0n) is 12.3. The van der Waals surface area contributed by atoms with E-state index in [2.05, 4.69) is 0 Å². The third-order valence-corrected chi connectivity index (χ3v) is 5.13. The van der Waals surface area contributed by atoms with Gasteiger partial charge in [-0.05, 0) is 19.9 Å². The highest BCUT2D eigenvalue weighted by molar-refractivity contribution is 5.96. The molecule has 0 spiro atoms. The first-order chi connectivity index (χ1) is 9.48. The molecule has 0 saturated carbocycles. The van der Waals surface area contributed by atoms with Gasteiger partial charge in [0.1, 0.15) is 0 Å². The van der Waals surface area contributed by atoms with Crippen LogP contribution in [0.3, 0.4) is 0 Å². The number of aromatic nitrogens is 1. The number of likely N-dealkylation sites (tertiary alicyclic amines) is 1. The van der Waals surface area contributed by atoms with Gasteiger partial charge in [-0.2, -0.15) is 0 Å². The molecule has 3 rings (SSSR count). The second kappa shape index (κ2) is 4.60. The predicted molar refractivity (Wildman–Crippen MR) is 74.6 cm³/mol. The molecule has 20 heavy (non-hydrogen) atoms. The van der Waals surface area contributed by atoms with Gasteiger partial charge in [-0.15, -0.1) is 0 Å². The Hall–Kier alpha value is -1.33. The van der Waals surface area contributed by atoms with Crippen molar-refractivity contribution in [1.29, 1.82) is 0 Å². The summed E-state index contributed by atoms with van der Waals surface area (Å²) in [5.41, 5.74) is 2.62. The molecule has 1 aromatic heterocycles. The van der Waals surface area contributed by atoms with Crippen LogP contribution < -0.4 is 0 Å². The summed E-state index contributed by atoms with van der Waals surface area (Å²) < 4.78 is 7.52. The molecule has 0 unspecified atom stereocenters. The van der Waals surface area contributed by atoms with E-state index in [0.29, 0.717) is 26.3 Å². The first-order valence-electron chi connectivity index (χ1n) is 7.09. The highest BCUT2D eigenvalue weighted by Gasteiger charge is 2.51. The fourth-order valence-corrected chi connectivity index (χ4v) is 3.45. The van der Waals surface area contributed by atoms with Gasteiger partial charge in [0.05, 0.1) is 25.4 Å². The van der Waals surface area contributed by atoms with Crippen molar-refractivity contribution in [1.82, 2.24) is 9.47 Å². The maximum absolute atomic E-state index is 12.7. The molecule has 5 heteroatoms. The maximum Gasteiger partial charge on any atom is 0.255 e. The number of amides is 1. The van der Waals surface area contributed by atoms with Crippen LogP contribution in [0.4, 0.5) is 0 Å². The van der Waals surface area contributed by atoms with Crippen LogP contribution in [0.5, 0.6) is 0 Å². The van der Waals surface area contributed by atoms with Crippen LogP contribution in [0, 0.1) is 25.2 Å². The number of carbonyl (C=O) groups excluding carboxylic acids is 1. The topological polar surface area (TPSA) is 54.7 Å². The van der Waals surface area contributed by atoms with Gasteiger partial charge < -0.3 is 19.3 Å². The quantitative estimate of drug-likeness (QED) is 0.867. The van der Waals surface area contributed by atoms with E-state index in [1.165, 1.54) is 0 Å². The van der Waals surface area contributed by atoms with Crippen LogP contribution in [0.25, 0.3) is 0 Å². The lowest BCUT2D eigenvalue weighted by Gasteiger charge is -2.24. The van der Waals surface area contributed by atoms with Gasteiger partial charge in [0, 0.05) is 42.9 Å². The van der Waals surface area contributed by atoms with E-state index in [1.54, 1.807) is 0 Å². The molecule has 2 atom stereocenters. The highest BCUT2D eigenvalue weighted by atomic mass is 16.5. The molecule has 2 saturated heterocycles. The third kappa shape index (κ3) is 1.80. The normalized spacial score (nSPS) is 29.0. The summed E-state index contributed by atoms with van der Waals surface area (Å²) in [7, 11) is 1.98. The van der Waals surface area contributed by atoms with E-state index in [1.807, 2.05) is 36.4 Å².